The van der Waals surface area contributed by atoms with Crippen molar-refractivity contribution in [2.75, 3.05) is 0 Å². The summed E-state index contributed by atoms with van der Waals surface area (Å²) in [5.41, 5.74) is -1.50. The van der Waals surface area contributed by atoms with Gasteiger partial charge in [0, 0.05) is 24.5 Å². The first kappa shape index (κ1) is 20.3. The molecule has 0 aliphatic heterocycles. The molecule has 0 fully saturated rings. The highest BCUT2D eigenvalue weighted by atomic mass is 35.5. The molecule has 0 N–H and O–H groups in total. The summed E-state index contributed by atoms with van der Waals surface area (Å²) in [7, 11) is 0. The lowest BCUT2D eigenvalue weighted by molar-refractivity contribution is -0.137. The second-order valence-corrected chi connectivity index (χ2v) is 6.90. The van der Waals surface area contributed by atoms with Gasteiger partial charge in [-0.05, 0) is 36.1 Å². The minimum atomic E-state index is -4.60. The van der Waals surface area contributed by atoms with Gasteiger partial charge in [0.2, 0.25) is 0 Å². The van der Waals surface area contributed by atoms with Crippen LogP contribution in [0.3, 0.4) is 0 Å². The summed E-state index contributed by atoms with van der Waals surface area (Å²) in [6, 6.07) is 4.84. The molecule has 148 valence electrons. The van der Waals surface area contributed by atoms with Crippen LogP contribution in [0.1, 0.15) is 31.7 Å². The normalized spacial score (nSPS) is 11.9. The zero-order valence-electron chi connectivity index (χ0n) is 15.0. The summed E-state index contributed by atoms with van der Waals surface area (Å²) < 4.78 is 54.5. The Bertz CT molecular complexity index is 1080. The van der Waals surface area contributed by atoms with Gasteiger partial charge in [0.05, 0.1) is 21.7 Å². The van der Waals surface area contributed by atoms with Crippen LogP contribution in [-0.4, -0.2) is 9.55 Å². The monoisotopic (exact) mass is 412 g/mol. The largest absolute Gasteiger partial charge is 0.417 e. The molecule has 0 spiro atoms. The van der Waals surface area contributed by atoms with Gasteiger partial charge in [-0.15, -0.1) is 0 Å². The lowest BCUT2D eigenvalue weighted by Gasteiger charge is -2.11. The molecule has 0 unspecified atom stereocenters. The summed E-state index contributed by atoms with van der Waals surface area (Å²) in [6.45, 7) is 2.60. The van der Waals surface area contributed by atoms with Crippen molar-refractivity contribution in [2.24, 2.45) is 0 Å². The number of nitrogens with zero attached hydrogens (tertiary/aromatic N) is 2. The van der Waals surface area contributed by atoms with Crippen molar-refractivity contribution in [2.45, 2.75) is 38.9 Å². The zero-order chi connectivity index (χ0) is 20.5. The Balaban J connectivity index is 2.06. The Morgan fingerprint density at radius 3 is 2.57 bits per heavy atom. The third-order valence-corrected chi connectivity index (χ3v) is 4.78. The van der Waals surface area contributed by atoms with E-state index in [0.29, 0.717) is 24.2 Å². The Labute approximate surface area is 163 Å². The van der Waals surface area contributed by atoms with Gasteiger partial charge in [-0.3, -0.25) is 9.78 Å². The second-order valence-electron chi connectivity index (χ2n) is 6.49. The van der Waals surface area contributed by atoms with Gasteiger partial charge < -0.3 is 4.57 Å². The summed E-state index contributed by atoms with van der Waals surface area (Å²) in [4.78, 5) is 16.3. The van der Waals surface area contributed by atoms with E-state index in [9.17, 15) is 22.4 Å². The number of aryl methyl sites for hydroxylation is 1. The third-order valence-electron chi connectivity index (χ3n) is 4.49. The quantitative estimate of drug-likeness (QED) is 0.377. The van der Waals surface area contributed by atoms with Gasteiger partial charge in [-0.2, -0.15) is 13.2 Å². The molecular weight excluding hydrogens is 396 g/mol. The molecule has 8 heteroatoms. The van der Waals surface area contributed by atoms with E-state index in [4.69, 9.17) is 11.6 Å². The Kier molecular flexibility index (Phi) is 5.74. The van der Waals surface area contributed by atoms with E-state index in [2.05, 4.69) is 11.9 Å². The molecule has 3 rings (SSSR count). The van der Waals surface area contributed by atoms with Gasteiger partial charge in [0.25, 0.3) is 5.56 Å². The maximum Gasteiger partial charge on any atom is 0.417 e. The highest BCUT2D eigenvalue weighted by Crippen LogP contribution is 2.35. The summed E-state index contributed by atoms with van der Waals surface area (Å²) in [5.74, 6) is -0.773. The molecular formula is C20H17ClF4N2O. The van der Waals surface area contributed by atoms with Crippen LogP contribution in [0.15, 0.2) is 41.5 Å². The zero-order valence-corrected chi connectivity index (χ0v) is 15.7. The molecule has 0 radical (unpaired) electrons. The maximum atomic E-state index is 14.7. The van der Waals surface area contributed by atoms with Gasteiger partial charge in [-0.1, -0.05) is 31.4 Å². The smallest absolute Gasteiger partial charge is 0.315 e. The van der Waals surface area contributed by atoms with Crippen LogP contribution < -0.4 is 5.56 Å². The van der Waals surface area contributed by atoms with Crippen molar-refractivity contribution in [1.29, 1.82) is 0 Å². The molecule has 0 amide bonds. The molecule has 28 heavy (non-hydrogen) atoms. The minimum Gasteiger partial charge on any atom is -0.315 e. The first-order valence-electron chi connectivity index (χ1n) is 8.78. The fourth-order valence-corrected chi connectivity index (χ4v) is 3.25. The number of unbranched alkanes of at least 4 members (excludes halogenated alkanes) is 2. The standard InChI is InChI=1S/C20H17ClF4N2O/c1-2-3-4-6-27-7-5-12-8-15(17(22)10-14(12)19(27)28)18-16(21)9-13(11-26-18)20(23,24)25/h5,7-11H,2-4,6H2,1H3. The minimum absolute atomic E-state index is 0.0608. The molecule has 3 nitrogen and oxygen atoms in total. The molecule has 0 saturated heterocycles. The van der Waals surface area contributed by atoms with Crippen LogP contribution in [0.2, 0.25) is 5.02 Å². The number of pyridine rings is 2. The number of hydrogen-bond acceptors (Lipinski definition) is 2. The lowest BCUT2D eigenvalue weighted by atomic mass is 10.0. The fraction of sp³-hybridized carbons (Fsp3) is 0.300. The summed E-state index contributed by atoms with van der Waals surface area (Å²) in [5, 5.41) is 0.343. The third kappa shape index (κ3) is 4.04. The van der Waals surface area contributed by atoms with Gasteiger partial charge in [0.15, 0.2) is 0 Å². The van der Waals surface area contributed by atoms with Crippen molar-refractivity contribution >= 4 is 22.4 Å². The maximum absolute atomic E-state index is 14.7. The Morgan fingerprint density at radius 1 is 1.18 bits per heavy atom. The van der Waals surface area contributed by atoms with Gasteiger partial charge in [0.1, 0.15) is 5.82 Å². The number of benzene rings is 1. The Morgan fingerprint density at radius 2 is 1.93 bits per heavy atom. The van der Waals surface area contributed by atoms with Crippen molar-refractivity contribution < 1.29 is 17.6 Å². The molecule has 2 aromatic heterocycles. The molecule has 1 aromatic carbocycles. The van der Waals surface area contributed by atoms with Crippen molar-refractivity contribution in [1.82, 2.24) is 9.55 Å². The van der Waals surface area contributed by atoms with Gasteiger partial charge >= 0.3 is 6.18 Å². The van der Waals surface area contributed by atoms with E-state index >= 15 is 0 Å². The summed E-state index contributed by atoms with van der Waals surface area (Å²) >= 11 is 5.93. The SMILES string of the molecule is CCCCCn1ccc2cc(-c3ncc(C(F)(F)F)cc3Cl)c(F)cc2c1=O. The van der Waals surface area contributed by atoms with Crippen LogP contribution in [-0.2, 0) is 12.7 Å². The van der Waals surface area contributed by atoms with Crippen LogP contribution >= 0.6 is 11.6 Å². The number of hydrogen-bond donors (Lipinski definition) is 0. The first-order chi connectivity index (χ1) is 13.2. The van der Waals surface area contributed by atoms with Crippen LogP contribution in [0.5, 0.6) is 0 Å². The number of alkyl halides is 3. The van der Waals surface area contributed by atoms with Crippen LogP contribution in [0, 0.1) is 5.82 Å². The van der Waals surface area contributed by atoms with Gasteiger partial charge in [-0.25, -0.2) is 4.39 Å². The predicted molar refractivity (Wildman–Crippen MR) is 101 cm³/mol. The second kappa shape index (κ2) is 7.91. The van der Waals surface area contributed by atoms with Crippen molar-refractivity contribution in [3.05, 3.63) is 63.4 Å². The van der Waals surface area contributed by atoms with Crippen LogP contribution in [0.4, 0.5) is 17.6 Å². The highest BCUT2D eigenvalue weighted by molar-refractivity contribution is 6.33. The average Bonchev–Trinajstić information content (AvgIpc) is 2.63. The van der Waals surface area contributed by atoms with E-state index in [0.717, 1.165) is 25.3 Å². The van der Waals surface area contributed by atoms with E-state index < -0.39 is 17.6 Å². The Hall–Kier alpha value is -2.41. The van der Waals surface area contributed by atoms with E-state index in [1.165, 1.54) is 10.6 Å². The molecule has 0 saturated carbocycles. The molecule has 2 heterocycles. The number of fused-ring (bicyclic) bond motifs is 1. The van der Waals surface area contributed by atoms with Crippen molar-refractivity contribution in [3.63, 3.8) is 0 Å². The summed E-state index contributed by atoms with van der Waals surface area (Å²) in [6.07, 6.45) is 0.477. The topological polar surface area (TPSA) is 34.9 Å². The van der Waals surface area contributed by atoms with Crippen molar-refractivity contribution in [3.8, 4) is 11.3 Å². The molecule has 0 aliphatic rings. The average molecular weight is 413 g/mol. The molecule has 0 bridgehead atoms. The van der Waals surface area contributed by atoms with Crippen LogP contribution in [0.25, 0.3) is 22.0 Å². The lowest BCUT2D eigenvalue weighted by Crippen LogP contribution is -2.19. The first-order valence-corrected chi connectivity index (χ1v) is 9.16. The van der Waals surface area contributed by atoms with E-state index in [1.54, 1.807) is 12.3 Å². The number of aromatic nitrogens is 2. The number of rotatable bonds is 5. The molecule has 0 aliphatic carbocycles. The fourth-order valence-electron chi connectivity index (χ4n) is 2.99. The molecule has 3 aromatic rings. The van der Waals surface area contributed by atoms with E-state index in [-0.39, 0.29) is 27.2 Å². The predicted octanol–water partition coefficient (Wildman–Crippen LogP) is 6.07. The molecule has 0 atom stereocenters. The van der Waals surface area contributed by atoms with E-state index in [1.807, 2.05) is 0 Å². The number of halogens is 5. The highest BCUT2D eigenvalue weighted by Gasteiger charge is 2.32.